The summed E-state index contributed by atoms with van der Waals surface area (Å²) >= 11 is 0. The highest BCUT2D eigenvalue weighted by molar-refractivity contribution is 6.42. The minimum Gasteiger partial charge on any atom is -0.506 e. The average molecular weight is 683 g/mol. The number of aliphatic hydroxyl groups excluding tert-OH is 1. The van der Waals surface area contributed by atoms with E-state index in [0.717, 1.165) is 22.5 Å². The summed E-state index contributed by atoms with van der Waals surface area (Å²) in [5.74, 6) is -1.01. The summed E-state index contributed by atoms with van der Waals surface area (Å²) in [4.78, 5) is 50.6. The number of likely N-dealkylation sites (tertiary alicyclic amines) is 1. The van der Waals surface area contributed by atoms with Gasteiger partial charge in [-0.05, 0) is 77.0 Å². The Morgan fingerprint density at radius 2 is 1.40 bits per heavy atom. The highest BCUT2D eigenvalue weighted by Crippen LogP contribution is 2.53. The zero-order chi connectivity index (χ0) is 37.8. The second kappa shape index (κ2) is 11.8. The van der Waals surface area contributed by atoms with Crippen molar-refractivity contribution in [2.24, 2.45) is 21.2 Å². The zero-order valence-electron chi connectivity index (χ0n) is 33.1. The molecule has 8 nitrogen and oxygen atoms in total. The Balaban J connectivity index is 1.78. The number of carbonyl (C=O) groups excluding carboxylic acids is 3. The predicted molar refractivity (Wildman–Crippen MR) is 204 cm³/mol. The molecule has 2 aliphatic carbocycles. The number of nitrogens with one attached hydrogen (secondary N) is 1. The van der Waals surface area contributed by atoms with Crippen molar-refractivity contribution in [3.8, 4) is 0 Å². The van der Waals surface area contributed by atoms with E-state index in [1.54, 1.807) is 0 Å². The van der Waals surface area contributed by atoms with Gasteiger partial charge in [-0.1, -0.05) is 69.2 Å². The molecule has 0 spiro atoms. The number of rotatable bonds is 4. The van der Waals surface area contributed by atoms with Crippen molar-refractivity contribution in [1.82, 2.24) is 4.90 Å². The number of fused-ring (bicyclic) bond motifs is 2. The van der Waals surface area contributed by atoms with Gasteiger partial charge in [0.2, 0.25) is 11.7 Å². The normalized spacial score (nSPS) is 25.2. The standard InChI is InChI=1S/C42H58N4O4/c1-21(2)45-23(5)41(13,14)27-17-25(29(19-31(27)45)43-37(49)39(7,8)9)33-35(47)34(36(33)48)26-18-28-32(20-30(26)44-38(50)40(10,11)12)46(22(3)4)24(6)42(28,15)16/h17-24,47H,1-16H3,(H,43,49)/b34-26-,44-30?. The SMILES string of the molecule is CC(C)N1C2=CC(=NC(=O)C(C)(C)C)/C(=C3\C(=O)C(c4cc5c(cc4NC(=O)C(C)(C)C)N(C(C)C)C(C)C5(C)C)=C3O)C=C2C(C)(C)C1C. The quantitative estimate of drug-likeness (QED) is 0.308. The van der Waals surface area contributed by atoms with Gasteiger partial charge >= 0.3 is 0 Å². The number of ketones is 1. The first kappa shape index (κ1) is 37.3. The van der Waals surface area contributed by atoms with E-state index < -0.39 is 10.8 Å². The fourth-order valence-electron chi connectivity index (χ4n) is 7.73. The predicted octanol–water partition coefficient (Wildman–Crippen LogP) is 8.69. The van der Waals surface area contributed by atoms with Gasteiger partial charge in [-0.15, -0.1) is 0 Å². The monoisotopic (exact) mass is 682 g/mol. The van der Waals surface area contributed by atoms with Crippen LogP contribution in [0.4, 0.5) is 11.4 Å². The van der Waals surface area contributed by atoms with E-state index in [9.17, 15) is 19.5 Å². The molecule has 4 aliphatic rings. The van der Waals surface area contributed by atoms with Gasteiger partial charge in [0.25, 0.3) is 5.91 Å². The Kier molecular flexibility index (Phi) is 8.82. The van der Waals surface area contributed by atoms with Crippen LogP contribution in [0, 0.1) is 16.2 Å². The first-order valence-corrected chi connectivity index (χ1v) is 18.1. The van der Waals surface area contributed by atoms with E-state index in [2.05, 4.69) is 89.3 Å². The molecule has 2 unspecified atom stereocenters. The lowest BCUT2D eigenvalue weighted by molar-refractivity contribution is -0.125. The molecule has 270 valence electrons. The van der Waals surface area contributed by atoms with E-state index >= 15 is 0 Å². The molecular weight excluding hydrogens is 624 g/mol. The van der Waals surface area contributed by atoms with Crippen LogP contribution in [-0.2, 0) is 19.8 Å². The molecule has 2 atom stereocenters. The van der Waals surface area contributed by atoms with Crippen LogP contribution in [-0.4, -0.2) is 57.5 Å². The van der Waals surface area contributed by atoms with Gasteiger partial charge in [0.1, 0.15) is 5.76 Å². The Morgan fingerprint density at radius 3 is 1.90 bits per heavy atom. The average Bonchev–Trinajstić information content (AvgIpc) is 3.29. The second-order valence-electron chi connectivity index (χ2n) is 18.4. The van der Waals surface area contributed by atoms with Crippen LogP contribution in [0.25, 0.3) is 5.57 Å². The lowest BCUT2D eigenvalue weighted by Gasteiger charge is -2.34. The number of Topliss-reactive ketones (excluding diaryl/α,β-unsaturated/α-hetero) is 1. The number of allylic oxidation sites excluding steroid dienone is 6. The molecule has 0 bridgehead atoms. The summed E-state index contributed by atoms with van der Waals surface area (Å²) < 4.78 is 0. The van der Waals surface area contributed by atoms with Crippen molar-refractivity contribution in [3.05, 3.63) is 63.6 Å². The number of amides is 2. The largest absolute Gasteiger partial charge is 0.506 e. The van der Waals surface area contributed by atoms with Gasteiger partial charge in [-0.2, -0.15) is 0 Å². The van der Waals surface area contributed by atoms with Gasteiger partial charge in [-0.25, -0.2) is 4.99 Å². The van der Waals surface area contributed by atoms with Crippen molar-refractivity contribution in [3.63, 3.8) is 0 Å². The lowest BCUT2D eigenvalue weighted by atomic mass is 9.73. The van der Waals surface area contributed by atoms with E-state index in [0.29, 0.717) is 22.5 Å². The molecule has 5 rings (SSSR count). The minimum atomic E-state index is -0.740. The number of nitrogens with zero attached hydrogens (tertiary/aromatic N) is 3. The van der Waals surface area contributed by atoms with E-state index in [1.807, 2.05) is 65.8 Å². The molecule has 2 aliphatic heterocycles. The third-order valence-corrected chi connectivity index (χ3v) is 11.5. The van der Waals surface area contributed by atoms with Gasteiger partial charge in [-0.3, -0.25) is 14.4 Å². The fraction of sp³-hybridized carbons (Fsp3) is 0.571. The molecule has 1 fully saturated rings. The summed E-state index contributed by atoms with van der Waals surface area (Å²) in [7, 11) is 0. The maximum absolute atomic E-state index is 14.5. The number of aliphatic hydroxyl groups is 1. The lowest BCUT2D eigenvalue weighted by Crippen LogP contribution is -2.42. The number of carbonyl (C=O) groups is 3. The molecule has 1 aromatic rings. The fourth-order valence-corrected chi connectivity index (χ4v) is 7.73. The van der Waals surface area contributed by atoms with Crippen molar-refractivity contribution in [1.29, 1.82) is 0 Å². The van der Waals surface area contributed by atoms with Crippen LogP contribution < -0.4 is 10.2 Å². The third kappa shape index (κ3) is 5.67. The molecule has 0 saturated carbocycles. The van der Waals surface area contributed by atoms with Gasteiger partial charge in [0.05, 0.1) is 22.5 Å². The molecule has 2 N–H and O–H groups in total. The van der Waals surface area contributed by atoms with Crippen molar-refractivity contribution in [2.45, 2.75) is 140 Å². The third-order valence-electron chi connectivity index (χ3n) is 11.5. The first-order valence-electron chi connectivity index (χ1n) is 18.1. The Hall–Kier alpha value is -3.94. The van der Waals surface area contributed by atoms with Gasteiger partial charge in [0, 0.05) is 68.3 Å². The van der Waals surface area contributed by atoms with E-state index in [1.165, 1.54) is 0 Å². The summed E-state index contributed by atoms with van der Waals surface area (Å²) in [6.07, 6.45) is 3.87. The Morgan fingerprint density at radius 1 is 0.840 bits per heavy atom. The molecule has 2 heterocycles. The summed E-state index contributed by atoms with van der Waals surface area (Å²) in [6, 6.07) is 4.66. The molecule has 1 saturated heterocycles. The molecule has 2 amide bonds. The Labute approximate surface area is 299 Å². The molecule has 50 heavy (non-hydrogen) atoms. The molecule has 0 aromatic heterocycles. The summed E-state index contributed by atoms with van der Waals surface area (Å²) in [5, 5.41) is 15.1. The molecule has 8 heteroatoms. The topological polar surface area (TPSA) is 102 Å². The first-order chi connectivity index (χ1) is 22.7. The second-order valence-corrected chi connectivity index (χ2v) is 18.4. The summed E-state index contributed by atoms with van der Waals surface area (Å²) in [5.41, 5.74) is 4.20. The van der Waals surface area contributed by atoms with Crippen LogP contribution in [0.1, 0.15) is 122 Å². The smallest absolute Gasteiger partial charge is 0.251 e. The van der Waals surface area contributed by atoms with Crippen molar-refractivity contribution < 1.29 is 19.5 Å². The van der Waals surface area contributed by atoms with Gasteiger partial charge < -0.3 is 20.2 Å². The number of benzene rings is 1. The molecular formula is C42H58N4O4. The summed E-state index contributed by atoms with van der Waals surface area (Å²) in [6.45, 7) is 32.7. The van der Waals surface area contributed by atoms with Gasteiger partial charge in [0.15, 0.2) is 0 Å². The highest BCUT2D eigenvalue weighted by Gasteiger charge is 2.49. The highest BCUT2D eigenvalue weighted by atomic mass is 16.3. The van der Waals surface area contributed by atoms with Crippen molar-refractivity contribution in [2.75, 3.05) is 10.2 Å². The zero-order valence-corrected chi connectivity index (χ0v) is 33.1. The minimum absolute atomic E-state index is 0.139. The van der Waals surface area contributed by atoms with Crippen LogP contribution in [0.5, 0.6) is 0 Å². The number of aliphatic imine (C=N–C) groups is 1. The van der Waals surface area contributed by atoms with E-state index in [4.69, 9.17) is 0 Å². The van der Waals surface area contributed by atoms with Crippen molar-refractivity contribution >= 4 is 40.3 Å². The van der Waals surface area contributed by atoms with Crippen LogP contribution in [0.15, 0.2) is 57.5 Å². The van der Waals surface area contributed by atoms with Crippen LogP contribution >= 0.6 is 0 Å². The number of anilines is 2. The van der Waals surface area contributed by atoms with Crippen LogP contribution in [0.3, 0.4) is 0 Å². The Bertz CT molecular complexity index is 1850. The number of hydrogen-bond acceptors (Lipinski definition) is 6. The maximum Gasteiger partial charge on any atom is 0.251 e. The van der Waals surface area contributed by atoms with Crippen LogP contribution in [0.2, 0.25) is 0 Å². The molecule has 1 aromatic carbocycles. The molecule has 0 radical (unpaired) electrons. The maximum atomic E-state index is 14.5. The number of hydrogen-bond donors (Lipinski definition) is 2. The van der Waals surface area contributed by atoms with E-state index in [-0.39, 0.29) is 69.5 Å².